The highest BCUT2D eigenvalue weighted by atomic mass is 19.1. The Morgan fingerprint density at radius 2 is 1.80 bits per heavy atom. The first-order valence-corrected chi connectivity index (χ1v) is 7.53. The van der Waals surface area contributed by atoms with Crippen molar-refractivity contribution in [2.24, 2.45) is 0 Å². The molecule has 3 aromatic rings. The molecule has 2 aromatic carbocycles. The van der Waals surface area contributed by atoms with Gasteiger partial charge in [-0.2, -0.15) is 0 Å². The van der Waals surface area contributed by atoms with E-state index in [2.05, 4.69) is 15.8 Å². The molecular weight excluding hydrogens is 330 g/mol. The summed E-state index contributed by atoms with van der Waals surface area (Å²) in [5.74, 6) is -2.92. The number of benzene rings is 2. The van der Waals surface area contributed by atoms with Gasteiger partial charge < -0.3 is 0 Å². The van der Waals surface area contributed by atoms with Gasteiger partial charge in [0.2, 0.25) is 5.95 Å². The molecule has 0 aliphatic carbocycles. The highest BCUT2D eigenvalue weighted by Gasteiger charge is 2.17. The Hall–Kier alpha value is -3.29. The Morgan fingerprint density at radius 3 is 2.48 bits per heavy atom. The van der Waals surface area contributed by atoms with Crippen LogP contribution in [-0.4, -0.2) is 15.5 Å². The summed E-state index contributed by atoms with van der Waals surface area (Å²) in [6.07, 6.45) is 0. The number of carbonyl (C=O) groups excluding carboxylic acids is 1. The highest BCUT2D eigenvalue weighted by molar-refractivity contribution is 5.95. The Morgan fingerprint density at radius 1 is 1.12 bits per heavy atom. The van der Waals surface area contributed by atoms with Gasteiger partial charge in [0.15, 0.2) is 0 Å². The number of fused-ring (bicyclic) bond motifs is 1. The van der Waals surface area contributed by atoms with E-state index in [1.165, 1.54) is 4.57 Å². The van der Waals surface area contributed by atoms with Crippen LogP contribution in [0, 0.1) is 11.6 Å². The maximum atomic E-state index is 13.6. The van der Waals surface area contributed by atoms with Gasteiger partial charge in [-0.3, -0.25) is 25.0 Å². The van der Waals surface area contributed by atoms with E-state index in [9.17, 15) is 18.4 Å². The van der Waals surface area contributed by atoms with Crippen LogP contribution in [0.1, 0.15) is 17.3 Å². The third-order valence-electron chi connectivity index (χ3n) is 3.66. The normalized spacial score (nSPS) is 10.7. The number of hydrogen-bond acceptors (Lipinski definition) is 4. The molecule has 3 rings (SSSR count). The lowest BCUT2D eigenvalue weighted by Gasteiger charge is -2.14. The molecular formula is C17H14F2N4O2. The fourth-order valence-corrected chi connectivity index (χ4v) is 2.45. The number of halogens is 2. The van der Waals surface area contributed by atoms with E-state index in [1.54, 1.807) is 31.2 Å². The summed E-state index contributed by atoms with van der Waals surface area (Å²) in [5, 5.41) is 0.432. The molecule has 2 N–H and O–H groups in total. The molecule has 128 valence electrons. The molecule has 1 heterocycles. The third kappa shape index (κ3) is 3.06. The Bertz CT molecular complexity index is 997. The first-order chi connectivity index (χ1) is 12.0. The zero-order valence-electron chi connectivity index (χ0n) is 13.2. The van der Waals surface area contributed by atoms with Gasteiger partial charge in [0.1, 0.15) is 17.2 Å². The second-order valence-electron chi connectivity index (χ2n) is 5.18. The molecule has 0 unspecified atom stereocenters. The van der Waals surface area contributed by atoms with Crippen molar-refractivity contribution >= 4 is 22.8 Å². The van der Waals surface area contributed by atoms with E-state index in [0.29, 0.717) is 17.4 Å². The van der Waals surface area contributed by atoms with Gasteiger partial charge in [-0.25, -0.2) is 13.8 Å². The highest BCUT2D eigenvalue weighted by Crippen LogP contribution is 2.13. The average Bonchev–Trinajstić information content (AvgIpc) is 2.60. The SMILES string of the molecule is CCn1c(NNC(=O)c2c(F)cccc2F)nc2ccccc2c1=O. The minimum absolute atomic E-state index is 0.0660. The van der Waals surface area contributed by atoms with Crippen molar-refractivity contribution < 1.29 is 13.6 Å². The van der Waals surface area contributed by atoms with Crippen molar-refractivity contribution in [3.8, 4) is 0 Å². The number of nitrogens with one attached hydrogen (secondary N) is 2. The second kappa shape index (κ2) is 6.68. The van der Waals surface area contributed by atoms with Gasteiger partial charge in [-0.05, 0) is 31.2 Å². The van der Waals surface area contributed by atoms with Gasteiger partial charge >= 0.3 is 0 Å². The topological polar surface area (TPSA) is 76.0 Å². The van der Waals surface area contributed by atoms with Crippen LogP contribution in [0.3, 0.4) is 0 Å². The maximum absolute atomic E-state index is 13.6. The van der Waals surface area contributed by atoms with Crippen molar-refractivity contribution in [3.63, 3.8) is 0 Å². The number of hydrogen-bond donors (Lipinski definition) is 2. The quantitative estimate of drug-likeness (QED) is 0.713. The molecule has 0 saturated heterocycles. The first kappa shape index (κ1) is 16.6. The van der Waals surface area contributed by atoms with E-state index >= 15 is 0 Å². The van der Waals surface area contributed by atoms with E-state index in [-0.39, 0.29) is 11.5 Å². The number of rotatable bonds is 4. The average molecular weight is 344 g/mol. The molecule has 0 atom stereocenters. The Labute approximate surface area is 141 Å². The minimum Gasteiger partial charge on any atom is -0.277 e. The van der Waals surface area contributed by atoms with Gasteiger partial charge in [0.05, 0.1) is 10.9 Å². The maximum Gasteiger partial charge on any atom is 0.275 e. The summed E-state index contributed by atoms with van der Waals surface area (Å²) in [6, 6.07) is 9.87. The van der Waals surface area contributed by atoms with Crippen LogP contribution in [0.15, 0.2) is 47.3 Å². The molecule has 1 amide bonds. The number of nitrogens with zero attached hydrogens (tertiary/aromatic N) is 2. The van der Waals surface area contributed by atoms with Gasteiger partial charge in [-0.15, -0.1) is 0 Å². The zero-order chi connectivity index (χ0) is 18.0. The molecule has 0 saturated carbocycles. The molecule has 0 aliphatic heterocycles. The standard InChI is InChI=1S/C17H14F2N4O2/c1-2-23-16(25)10-6-3-4-9-13(10)20-17(23)22-21-15(24)14-11(18)7-5-8-12(14)19/h3-9H,2H2,1H3,(H,20,22)(H,21,24). The summed E-state index contributed by atoms with van der Waals surface area (Å²) < 4.78 is 28.6. The van der Waals surface area contributed by atoms with Crippen LogP contribution in [0.5, 0.6) is 0 Å². The van der Waals surface area contributed by atoms with Crippen LogP contribution in [-0.2, 0) is 6.54 Å². The van der Waals surface area contributed by atoms with Crippen LogP contribution >= 0.6 is 0 Å². The number of amides is 1. The minimum atomic E-state index is -1.01. The zero-order valence-corrected chi connectivity index (χ0v) is 13.2. The third-order valence-corrected chi connectivity index (χ3v) is 3.66. The van der Waals surface area contributed by atoms with E-state index in [1.807, 2.05) is 0 Å². The van der Waals surface area contributed by atoms with Gasteiger partial charge in [-0.1, -0.05) is 18.2 Å². The van der Waals surface area contributed by atoms with Gasteiger partial charge in [0, 0.05) is 6.54 Å². The summed E-state index contributed by atoms with van der Waals surface area (Å²) in [7, 11) is 0. The number of hydrazine groups is 1. The van der Waals surface area contributed by atoms with Crippen molar-refractivity contribution in [1.29, 1.82) is 0 Å². The first-order valence-electron chi connectivity index (χ1n) is 7.53. The predicted octanol–water partition coefficient (Wildman–Crippen LogP) is 2.45. The number of aromatic nitrogens is 2. The van der Waals surface area contributed by atoms with Crippen LogP contribution < -0.4 is 16.4 Å². The lowest BCUT2D eigenvalue weighted by molar-refractivity contribution is 0.0953. The van der Waals surface area contributed by atoms with Crippen molar-refractivity contribution in [3.05, 3.63) is 70.0 Å². The molecule has 8 heteroatoms. The lowest BCUT2D eigenvalue weighted by Crippen LogP contribution is -2.35. The summed E-state index contributed by atoms with van der Waals surface area (Å²) in [6.45, 7) is 2.03. The van der Waals surface area contributed by atoms with E-state index < -0.39 is 23.1 Å². The molecule has 0 spiro atoms. The number of anilines is 1. The fraction of sp³-hybridized carbons (Fsp3) is 0.118. The largest absolute Gasteiger partial charge is 0.277 e. The summed E-state index contributed by atoms with van der Waals surface area (Å²) >= 11 is 0. The molecule has 1 aromatic heterocycles. The molecule has 25 heavy (non-hydrogen) atoms. The van der Waals surface area contributed by atoms with Gasteiger partial charge in [0.25, 0.3) is 11.5 Å². The number of carbonyl (C=O) groups is 1. The molecule has 6 nitrogen and oxygen atoms in total. The summed E-state index contributed by atoms with van der Waals surface area (Å²) in [5.41, 5.74) is 4.07. The van der Waals surface area contributed by atoms with Crippen molar-refractivity contribution in [1.82, 2.24) is 15.0 Å². The molecule has 0 fully saturated rings. The van der Waals surface area contributed by atoms with E-state index in [4.69, 9.17) is 0 Å². The lowest BCUT2D eigenvalue weighted by atomic mass is 10.2. The van der Waals surface area contributed by atoms with Crippen LogP contribution in [0.2, 0.25) is 0 Å². The summed E-state index contributed by atoms with van der Waals surface area (Å²) in [4.78, 5) is 28.8. The van der Waals surface area contributed by atoms with E-state index in [0.717, 1.165) is 18.2 Å². The monoisotopic (exact) mass is 344 g/mol. The molecule has 0 aliphatic rings. The van der Waals surface area contributed by atoms with Crippen LogP contribution in [0.4, 0.5) is 14.7 Å². The molecule has 0 bridgehead atoms. The van der Waals surface area contributed by atoms with Crippen molar-refractivity contribution in [2.45, 2.75) is 13.5 Å². The fourth-order valence-electron chi connectivity index (χ4n) is 2.45. The second-order valence-corrected chi connectivity index (χ2v) is 5.18. The number of para-hydroxylation sites is 1. The molecule has 0 radical (unpaired) electrons. The Balaban J connectivity index is 1.93. The predicted molar refractivity (Wildman–Crippen MR) is 89.1 cm³/mol. The van der Waals surface area contributed by atoms with Crippen molar-refractivity contribution in [2.75, 3.05) is 5.43 Å². The Kier molecular flexibility index (Phi) is 4.42. The smallest absolute Gasteiger partial charge is 0.275 e. The van der Waals surface area contributed by atoms with Crippen LogP contribution in [0.25, 0.3) is 10.9 Å².